The summed E-state index contributed by atoms with van der Waals surface area (Å²) in [5.41, 5.74) is 4.18. The van der Waals surface area contributed by atoms with E-state index in [1.54, 1.807) is 6.07 Å². The van der Waals surface area contributed by atoms with Crippen molar-refractivity contribution in [1.29, 1.82) is 0 Å². The molecule has 3 N–H and O–H groups in total. The average molecular weight is 460 g/mol. The maximum Gasteiger partial charge on any atom is 0.251 e. The largest absolute Gasteiger partial charge is 0.474 e. The molecule has 0 saturated heterocycles. The van der Waals surface area contributed by atoms with Gasteiger partial charge < -0.3 is 20.4 Å². The van der Waals surface area contributed by atoms with E-state index in [2.05, 4.69) is 56.8 Å². The number of halogens is 1. The number of nitrogens with one attached hydrogen (secondary N) is 3. The van der Waals surface area contributed by atoms with Crippen molar-refractivity contribution in [3.63, 3.8) is 0 Å². The molecule has 2 aromatic carbocycles. The summed E-state index contributed by atoms with van der Waals surface area (Å²) < 4.78 is 21.0. The first-order chi connectivity index (χ1) is 16.5. The van der Waals surface area contributed by atoms with Crippen LogP contribution in [0.4, 0.5) is 16.0 Å². The maximum atomic E-state index is 14.7. The van der Waals surface area contributed by atoms with Crippen LogP contribution in [0.1, 0.15) is 41.6 Å². The lowest BCUT2D eigenvalue weighted by molar-refractivity contribution is 0.0962. The molecule has 5 rings (SSSR count). The van der Waals surface area contributed by atoms with Crippen LogP contribution in [0.25, 0.3) is 22.2 Å². The van der Waals surface area contributed by atoms with Crippen LogP contribution in [0.15, 0.2) is 48.7 Å². The molecule has 34 heavy (non-hydrogen) atoms. The molecule has 0 bridgehead atoms. The fourth-order valence-electron chi connectivity index (χ4n) is 4.29. The van der Waals surface area contributed by atoms with Gasteiger partial charge in [0.05, 0.1) is 11.1 Å². The highest BCUT2D eigenvalue weighted by Gasteiger charge is 2.22. The van der Waals surface area contributed by atoms with E-state index in [4.69, 9.17) is 4.74 Å². The minimum atomic E-state index is -0.574. The van der Waals surface area contributed by atoms with E-state index < -0.39 is 5.82 Å². The number of carbonyl (C=O) groups excluding carboxylic acids is 1. The Labute approximate surface area is 196 Å². The lowest BCUT2D eigenvalue weighted by atomic mass is 10.0. The predicted molar refractivity (Wildman–Crippen MR) is 130 cm³/mol. The van der Waals surface area contributed by atoms with E-state index in [1.165, 1.54) is 24.7 Å². The molecule has 0 radical (unpaired) electrons. The molecule has 2 heterocycles. The minimum Gasteiger partial charge on any atom is -0.474 e. The van der Waals surface area contributed by atoms with Gasteiger partial charge in [-0.2, -0.15) is 9.97 Å². The number of carbonyl (C=O) groups is 1. The molecule has 1 fully saturated rings. The number of amides is 1. The van der Waals surface area contributed by atoms with Gasteiger partial charge in [0.15, 0.2) is 0 Å². The molecule has 1 saturated carbocycles. The van der Waals surface area contributed by atoms with Crippen molar-refractivity contribution in [3.05, 3.63) is 65.6 Å². The fourth-order valence-corrected chi connectivity index (χ4v) is 4.29. The first-order valence-corrected chi connectivity index (χ1v) is 11.4. The topological polar surface area (TPSA) is 91.9 Å². The molecule has 2 aromatic heterocycles. The molecule has 0 unspecified atom stereocenters. The van der Waals surface area contributed by atoms with Crippen LogP contribution in [0.3, 0.4) is 0 Å². The normalized spacial score (nSPS) is 13.9. The second-order valence-electron chi connectivity index (χ2n) is 8.57. The highest BCUT2D eigenvalue weighted by Crippen LogP contribution is 2.37. The van der Waals surface area contributed by atoms with Crippen molar-refractivity contribution < 1.29 is 13.9 Å². The van der Waals surface area contributed by atoms with Gasteiger partial charge in [-0.25, -0.2) is 4.39 Å². The smallest absolute Gasteiger partial charge is 0.251 e. The SMILES string of the molecule is CNC(=O)c1ccc(Nc2nc(OC3CCCC3)c3c(-c4ccc(C)cc4)c[nH]c3n2)c(F)c1. The fraction of sp³-hybridized carbons (Fsp3) is 0.269. The van der Waals surface area contributed by atoms with Crippen LogP contribution in [0.2, 0.25) is 0 Å². The van der Waals surface area contributed by atoms with E-state index in [1.807, 2.05) is 6.20 Å². The highest BCUT2D eigenvalue weighted by atomic mass is 19.1. The van der Waals surface area contributed by atoms with Gasteiger partial charge in [0.1, 0.15) is 17.6 Å². The lowest BCUT2D eigenvalue weighted by Gasteiger charge is -2.15. The Morgan fingerprint density at radius 2 is 1.88 bits per heavy atom. The van der Waals surface area contributed by atoms with Crippen LogP contribution in [0.5, 0.6) is 5.88 Å². The zero-order chi connectivity index (χ0) is 23.7. The van der Waals surface area contributed by atoms with E-state index in [0.717, 1.165) is 42.2 Å². The van der Waals surface area contributed by atoms with Gasteiger partial charge in [0.2, 0.25) is 11.8 Å². The summed E-state index contributed by atoms with van der Waals surface area (Å²) in [7, 11) is 1.50. The molecule has 1 amide bonds. The molecule has 0 aliphatic heterocycles. The number of aromatic amines is 1. The first-order valence-electron chi connectivity index (χ1n) is 11.4. The van der Waals surface area contributed by atoms with Gasteiger partial charge in [-0.1, -0.05) is 29.8 Å². The van der Waals surface area contributed by atoms with Gasteiger partial charge in [-0.15, -0.1) is 0 Å². The number of ether oxygens (including phenoxy) is 1. The molecule has 4 aromatic rings. The number of aryl methyl sites for hydroxylation is 1. The van der Waals surface area contributed by atoms with E-state index in [0.29, 0.717) is 11.5 Å². The monoisotopic (exact) mass is 459 g/mol. The van der Waals surface area contributed by atoms with Gasteiger partial charge >= 0.3 is 0 Å². The quantitative estimate of drug-likeness (QED) is 0.354. The van der Waals surface area contributed by atoms with Crippen LogP contribution in [0, 0.1) is 12.7 Å². The van der Waals surface area contributed by atoms with Gasteiger partial charge in [-0.05, 0) is 56.4 Å². The summed E-state index contributed by atoms with van der Waals surface area (Å²) in [6, 6.07) is 12.5. The van der Waals surface area contributed by atoms with Crippen LogP contribution < -0.4 is 15.4 Å². The first kappa shape index (κ1) is 21.9. The number of rotatable bonds is 6. The van der Waals surface area contributed by atoms with Crippen molar-refractivity contribution >= 4 is 28.6 Å². The van der Waals surface area contributed by atoms with E-state index in [-0.39, 0.29) is 29.2 Å². The average Bonchev–Trinajstić information content (AvgIpc) is 3.50. The number of benzene rings is 2. The van der Waals surface area contributed by atoms with Gasteiger partial charge in [0.25, 0.3) is 5.91 Å². The zero-order valence-electron chi connectivity index (χ0n) is 19.1. The third kappa shape index (κ3) is 4.31. The molecule has 174 valence electrons. The van der Waals surface area contributed by atoms with Crippen molar-refractivity contribution in [3.8, 4) is 17.0 Å². The number of aromatic nitrogens is 3. The molecular weight excluding hydrogens is 433 g/mol. The minimum absolute atomic E-state index is 0.0929. The van der Waals surface area contributed by atoms with E-state index >= 15 is 0 Å². The molecule has 0 spiro atoms. The predicted octanol–water partition coefficient (Wildman–Crippen LogP) is 5.50. The number of fused-ring (bicyclic) bond motifs is 1. The molecular formula is C26H26FN5O2. The van der Waals surface area contributed by atoms with Crippen LogP contribution >= 0.6 is 0 Å². The number of H-pyrrole nitrogens is 1. The number of hydrogen-bond acceptors (Lipinski definition) is 5. The zero-order valence-corrected chi connectivity index (χ0v) is 19.1. The van der Waals surface area contributed by atoms with Crippen molar-refractivity contribution in [2.75, 3.05) is 12.4 Å². The molecule has 0 atom stereocenters. The Bertz CT molecular complexity index is 1340. The Hall–Kier alpha value is -3.94. The summed E-state index contributed by atoms with van der Waals surface area (Å²) in [5.74, 6) is -0.247. The van der Waals surface area contributed by atoms with Crippen molar-refractivity contribution in [2.24, 2.45) is 0 Å². The number of nitrogens with zero attached hydrogens (tertiary/aromatic N) is 2. The van der Waals surface area contributed by atoms with Crippen molar-refractivity contribution in [2.45, 2.75) is 38.7 Å². The standard InChI is InChI=1S/C26H26FN5O2/c1-15-7-9-16(10-8-15)19-14-29-23-22(19)25(34-18-5-3-4-6-18)32-26(31-23)30-21-12-11-17(13-20(21)27)24(33)28-2/h7-14,18H,3-6H2,1-2H3,(H,28,33)(H2,29,30,31,32). The summed E-state index contributed by atoms with van der Waals surface area (Å²) >= 11 is 0. The van der Waals surface area contributed by atoms with Crippen LogP contribution in [-0.4, -0.2) is 34.0 Å². The van der Waals surface area contributed by atoms with Crippen LogP contribution in [-0.2, 0) is 0 Å². The number of anilines is 2. The van der Waals surface area contributed by atoms with Gasteiger partial charge in [0, 0.05) is 24.4 Å². The van der Waals surface area contributed by atoms with Gasteiger partial charge in [-0.3, -0.25) is 4.79 Å². The summed E-state index contributed by atoms with van der Waals surface area (Å²) in [4.78, 5) is 24.2. The molecule has 8 heteroatoms. The Kier molecular flexibility index (Phi) is 5.88. The second-order valence-corrected chi connectivity index (χ2v) is 8.57. The lowest BCUT2D eigenvalue weighted by Crippen LogP contribution is -2.18. The molecule has 7 nitrogen and oxygen atoms in total. The molecule has 1 aliphatic rings. The number of hydrogen-bond donors (Lipinski definition) is 3. The Morgan fingerprint density at radius 1 is 1.12 bits per heavy atom. The Balaban J connectivity index is 1.54. The Morgan fingerprint density at radius 3 is 2.59 bits per heavy atom. The van der Waals surface area contributed by atoms with Crippen molar-refractivity contribution in [1.82, 2.24) is 20.3 Å². The summed E-state index contributed by atoms with van der Waals surface area (Å²) in [6.45, 7) is 2.05. The molecule has 1 aliphatic carbocycles. The summed E-state index contributed by atoms with van der Waals surface area (Å²) in [5, 5.41) is 6.23. The third-order valence-electron chi connectivity index (χ3n) is 6.15. The highest BCUT2D eigenvalue weighted by molar-refractivity contribution is 5.98. The maximum absolute atomic E-state index is 14.7. The van der Waals surface area contributed by atoms with E-state index in [9.17, 15) is 9.18 Å². The second kappa shape index (κ2) is 9.13. The third-order valence-corrected chi connectivity index (χ3v) is 6.15. The summed E-state index contributed by atoms with van der Waals surface area (Å²) in [6.07, 6.45) is 6.21.